The van der Waals surface area contributed by atoms with Gasteiger partial charge in [-0.25, -0.2) is 4.79 Å². The van der Waals surface area contributed by atoms with Crippen molar-refractivity contribution < 1.29 is 24.0 Å². The Morgan fingerprint density at radius 1 is 1.25 bits per heavy atom. The van der Waals surface area contributed by atoms with Gasteiger partial charge in [0.2, 0.25) is 0 Å². The Kier molecular flexibility index (Phi) is 8.18. The van der Waals surface area contributed by atoms with Gasteiger partial charge in [-0.05, 0) is 0 Å². The van der Waals surface area contributed by atoms with E-state index in [0.717, 1.165) is 5.75 Å². The summed E-state index contributed by atoms with van der Waals surface area (Å²) in [6.45, 7) is 0.860. The standard InChI is InChI=1S/C12H15NO5S2/c1-2-6-17-7-9-20-19-8-5-12(16)18-13-10(14)3-4-11(13)15/h1H,3-9H2. The van der Waals surface area contributed by atoms with Crippen LogP contribution in [-0.4, -0.2) is 47.6 Å². The van der Waals surface area contributed by atoms with Crippen molar-refractivity contribution in [3.63, 3.8) is 0 Å². The third-order valence-electron chi connectivity index (χ3n) is 2.17. The molecule has 0 N–H and O–H groups in total. The predicted octanol–water partition coefficient (Wildman–Crippen LogP) is 1.01. The highest BCUT2D eigenvalue weighted by Crippen LogP contribution is 2.22. The number of rotatable bonds is 9. The SMILES string of the molecule is C#CCOCCSSCCC(=O)ON1C(=O)CCC1=O. The number of carbonyl (C=O) groups excluding carboxylic acids is 3. The molecule has 0 bridgehead atoms. The lowest BCUT2D eigenvalue weighted by Crippen LogP contribution is -2.32. The first kappa shape index (κ1) is 16.9. The second-order valence-electron chi connectivity index (χ2n) is 3.70. The van der Waals surface area contributed by atoms with Crippen LogP contribution in [0.15, 0.2) is 0 Å². The van der Waals surface area contributed by atoms with E-state index in [1.54, 1.807) is 10.8 Å². The van der Waals surface area contributed by atoms with Gasteiger partial charge in [-0.15, -0.1) is 11.5 Å². The summed E-state index contributed by atoms with van der Waals surface area (Å²) in [6, 6.07) is 0. The summed E-state index contributed by atoms with van der Waals surface area (Å²) in [5, 5.41) is 0.563. The number of hydrogen-bond acceptors (Lipinski definition) is 7. The van der Waals surface area contributed by atoms with E-state index >= 15 is 0 Å². The molecule has 8 heteroatoms. The Morgan fingerprint density at radius 2 is 1.90 bits per heavy atom. The minimum absolute atomic E-state index is 0.106. The summed E-state index contributed by atoms with van der Waals surface area (Å²) in [7, 11) is 3.05. The summed E-state index contributed by atoms with van der Waals surface area (Å²) < 4.78 is 5.08. The van der Waals surface area contributed by atoms with Gasteiger partial charge in [0.1, 0.15) is 6.61 Å². The zero-order valence-electron chi connectivity index (χ0n) is 10.8. The fourth-order valence-corrected chi connectivity index (χ4v) is 3.11. The summed E-state index contributed by atoms with van der Waals surface area (Å²) in [4.78, 5) is 38.6. The largest absolute Gasteiger partial charge is 0.368 e. The highest BCUT2D eigenvalue weighted by molar-refractivity contribution is 8.76. The lowest BCUT2D eigenvalue weighted by atomic mass is 10.4. The van der Waals surface area contributed by atoms with Crippen LogP contribution in [0.3, 0.4) is 0 Å². The Labute approximate surface area is 125 Å². The van der Waals surface area contributed by atoms with Gasteiger partial charge in [-0.2, -0.15) is 0 Å². The summed E-state index contributed by atoms with van der Waals surface area (Å²) in [6.07, 6.45) is 5.37. The van der Waals surface area contributed by atoms with Crippen LogP contribution in [0.4, 0.5) is 0 Å². The Morgan fingerprint density at radius 3 is 2.55 bits per heavy atom. The molecule has 0 aromatic rings. The van der Waals surface area contributed by atoms with E-state index < -0.39 is 17.8 Å². The Balaban J connectivity index is 2.02. The van der Waals surface area contributed by atoms with E-state index in [4.69, 9.17) is 16.0 Å². The molecule has 0 spiro atoms. The van der Waals surface area contributed by atoms with Crippen molar-refractivity contribution in [2.24, 2.45) is 0 Å². The number of imide groups is 1. The van der Waals surface area contributed by atoms with Crippen LogP contribution in [0.25, 0.3) is 0 Å². The molecule has 1 aliphatic heterocycles. The molecule has 2 amide bonds. The smallest absolute Gasteiger partial charge is 0.334 e. The third kappa shape index (κ3) is 6.32. The van der Waals surface area contributed by atoms with Gasteiger partial charge >= 0.3 is 5.97 Å². The summed E-state index contributed by atoms with van der Waals surface area (Å²) in [5.41, 5.74) is 0. The van der Waals surface area contributed by atoms with Crippen molar-refractivity contribution in [1.82, 2.24) is 5.06 Å². The van der Waals surface area contributed by atoms with Gasteiger partial charge in [0.05, 0.1) is 13.0 Å². The van der Waals surface area contributed by atoms with Crippen LogP contribution in [0, 0.1) is 12.3 Å². The average Bonchev–Trinajstić information content (AvgIpc) is 2.73. The number of hydroxylamine groups is 2. The second-order valence-corrected chi connectivity index (χ2v) is 6.40. The molecule has 0 saturated carbocycles. The summed E-state index contributed by atoms with van der Waals surface area (Å²) >= 11 is 0. The molecule has 1 heterocycles. The molecule has 1 saturated heterocycles. The van der Waals surface area contributed by atoms with Crippen LogP contribution < -0.4 is 0 Å². The molecule has 1 aliphatic rings. The van der Waals surface area contributed by atoms with Crippen LogP contribution in [0.2, 0.25) is 0 Å². The van der Waals surface area contributed by atoms with E-state index in [1.807, 2.05) is 0 Å². The lowest BCUT2D eigenvalue weighted by Gasteiger charge is -2.12. The number of carbonyl (C=O) groups is 3. The van der Waals surface area contributed by atoms with Crippen molar-refractivity contribution in [1.29, 1.82) is 0 Å². The number of amides is 2. The Hall–Kier alpha value is -1.17. The molecule has 0 unspecified atom stereocenters. The zero-order chi connectivity index (χ0) is 14.8. The molecule has 0 aliphatic carbocycles. The van der Waals surface area contributed by atoms with Gasteiger partial charge in [-0.1, -0.05) is 27.5 Å². The number of hydrogen-bond donors (Lipinski definition) is 0. The highest BCUT2D eigenvalue weighted by Gasteiger charge is 2.32. The zero-order valence-corrected chi connectivity index (χ0v) is 12.5. The first-order chi connectivity index (χ1) is 9.65. The molecule has 6 nitrogen and oxygen atoms in total. The van der Waals surface area contributed by atoms with E-state index in [9.17, 15) is 14.4 Å². The number of terminal acetylenes is 1. The Bertz CT molecular complexity index is 391. The normalized spacial score (nSPS) is 14.4. The van der Waals surface area contributed by atoms with E-state index in [0.29, 0.717) is 24.0 Å². The van der Waals surface area contributed by atoms with Gasteiger partial charge in [-0.3, -0.25) is 9.59 Å². The topological polar surface area (TPSA) is 72.9 Å². The fraction of sp³-hybridized carbons (Fsp3) is 0.583. The van der Waals surface area contributed by atoms with Crippen LogP contribution in [0.1, 0.15) is 19.3 Å². The van der Waals surface area contributed by atoms with Crippen molar-refractivity contribution in [3.8, 4) is 12.3 Å². The number of ether oxygens (including phenoxy) is 1. The quantitative estimate of drug-likeness (QED) is 0.272. The molecule has 1 fully saturated rings. The molecule has 1 rings (SSSR count). The molecule has 0 atom stereocenters. The molecule has 110 valence electrons. The van der Waals surface area contributed by atoms with Crippen molar-refractivity contribution in [3.05, 3.63) is 0 Å². The molecule has 0 aromatic carbocycles. The maximum absolute atomic E-state index is 11.4. The minimum atomic E-state index is -0.578. The monoisotopic (exact) mass is 317 g/mol. The maximum atomic E-state index is 11.4. The fourth-order valence-electron chi connectivity index (χ4n) is 1.27. The minimum Gasteiger partial charge on any atom is -0.368 e. The first-order valence-electron chi connectivity index (χ1n) is 5.97. The molecule has 0 aromatic heterocycles. The highest BCUT2D eigenvalue weighted by atomic mass is 33.1. The third-order valence-corrected chi connectivity index (χ3v) is 4.54. The van der Waals surface area contributed by atoms with E-state index in [2.05, 4.69) is 5.92 Å². The van der Waals surface area contributed by atoms with Crippen molar-refractivity contribution in [2.75, 3.05) is 24.7 Å². The second kappa shape index (κ2) is 9.69. The predicted molar refractivity (Wildman–Crippen MR) is 76.4 cm³/mol. The lowest BCUT2D eigenvalue weighted by molar-refractivity contribution is -0.197. The van der Waals surface area contributed by atoms with Crippen LogP contribution >= 0.6 is 21.6 Å². The van der Waals surface area contributed by atoms with E-state index in [-0.39, 0.29) is 19.3 Å². The van der Waals surface area contributed by atoms with Gasteiger partial charge in [0.25, 0.3) is 11.8 Å². The summed E-state index contributed by atoms with van der Waals surface area (Å²) in [5.74, 6) is 2.17. The van der Waals surface area contributed by atoms with Gasteiger partial charge in [0, 0.05) is 24.3 Å². The first-order valence-corrected chi connectivity index (χ1v) is 8.46. The van der Waals surface area contributed by atoms with Crippen molar-refractivity contribution in [2.45, 2.75) is 19.3 Å². The van der Waals surface area contributed by atoms with Crippen LogP contribution in [-0.2, 0) is 24.0 Å². The van der Waals surface area contributed by atoms with Crippen LogP contribution in [0.5, 0.6) is 0 Å². The van der Waals surface area contributed by atoms with Gasteiger partial charge < -0.3 is 9.57 Å². The molecular weight excluding hydrogens is 302 g/mol. The van der Waals surface area contributed by atoms with E-state index in [1.165, 1.54) is 10.8 Å². The number of nitrogens with zero attached hydrogens (tertiary/aromatic N) is 1. The van der Waals surface area contributed by atoms with Gasteiger partial charge in [0.15, 0.2) is 0 Å². The van der Waals surface area contributed by atoms with Crippen molar-refractivity contribution >= 4 is 39.4 Å². The molecular formula is C12H15NO5S2. The molecule has 0 radical (unpaired) electrons. The molecule has 20 heavy (non-hydrogen) atoms. The average molecular weight is 317 g/mol. The maximum Gasteiger partial charge on any atom is 0.334 e.